The molecule has 0 unspecified atom stereocenters. The highest BCUT2D eigenvalue weighted by Crippen LogP contribution is 2.13. The van der Waals surface area contributed by atoms with Gasteiger partial charge in [0.25, 0.3) is 0 Å². The fourth-order valence-corrected chi connectivity index (χ4v) is 2.21. The van der Waals surface area contributed by atoms with Crippen LogP contribution in [0.25, 0.3) is 0 Å². The molecule has 0 spiro atoms. The van der Waals surface area contributed by atoms with Crippen LogP contribution in [-0.2, 0) is 0 Å². The van der Waals surface area contributed by atoms with Gasteiger partial charge in [-0.1, -0.05) is 50.1 Å². The standard InChI is InChI=1S/C19H35N/c1-7-9-15-20(6)16-11-10-12-18(5)13-14-19(8-2)17(3)4/h13-14H,3,7-12,15-16H2,1-2,4-6H3/b18-13+,19-14-. The summed E-state index contributed by atoms with van der Waals surface area (Å²) in [7, 11) is 2.24. The van der Waals surface area contributed by atoms with Gasteiger partial charge in [-0.2, -0.15) is 0 Å². The lowest BCUT2D eigenvalue weighted by molar-refractivity contribution is 0.320. The summed E-state index contributed by atoms with van der Waals surface area (Å²) < 4.78 is 0. The van der Waals surface area contributed by atoms with Gasteiger partial charge in [-0.05, 0) is 71.7 Å². The average molecular weight is 277 g/mol. The van der Waals surface area contributed by atoms with Crippen molar-refractivity contribution in [1.29, 1.82) is 0 Å². The maximum Gasteiger partial charge on any atom is -0.00217 e. The molecule has 0 radical (unpaired) electrons. The van der Waals surface area contributed by atoms with Gasteiger partial charge in [-0.3, -0.25) is 0 Å². The number of hydrogen-bond donors (Lipinski definition) is 0. The molecule has 0 aliphatic heterocycles. The molecule has 0 amide bonds. The van der Waals surface area contributed by atoms with Gasteiger partial charge in [0.2, 0.25) is 0 Å². The second-order valence-corrected chi connectivity index (χ2v) is 5.95. The Hall–Kier alpha value is -0.820. The van der Waals surface area contributed by atoms with E-state index in [2.05, 4.69) is 58.4 Å². The number of allylic oxidation sites excluding steroid dienone is 5. The van der Waals surface area contributed by atoms with Crippen molar-refractivity contribution in [3.05, 3.63) is 35.5 Å². The summed E-state index contributed by atoms with van der Waals surface area (Å²) in [4.78, 5) is 2.46. The third-order valence-corrected chi connectivity index (χ3v) is 3.75. The molecule has 0 atom stereocenters. The monoisotopic (exact) mass is 277 g/mol. The van der Waals surface area contributed by atoms with Gasteiger partial charge in [0, 0.05) is 0 Å². The van der Waals surface area contributed by atoms with Crippen molar-refractivity contribution in [3.8, 4) is 0 Å². The topological polar surface area (TPSA) is 3.24 Å². The molecule has 0 aromatic carbocycles. The minimum Gasteiger partial charge on any atom is -0.306 e. The lowest BCUT2D eigenvalue weighted by atomic mass is 10.0. The summed E-state index contributed by atoms with van der Waals surface area (Å²) in [6.07, 6.45) is 12.0. The molecule has 116 valence electrons. The van der Waals surface area contributed by atoms with E-state index >= 15 is 0 Å². The first-order valence-electron chi connectivity index (χ1n) is 8.22. The van der Waals surface area contributed by atoms with Crippen LogP contribution in [0.5, 0.6) is 0 Å². The van der Waals surface area contributed by atoms with Crippen molar-refractivity contribution in [2.75, 3.05) is 20.1 Å². The Kier molecular flexibility index (Phi) is 11.5. The zero-order valence-electron chi connectivity index (χ0n) is 14.5. The van der Waals surface area contributed by atoms with Gasteiger partial charge >= 0.3 is 0 Å². The fourth-order valence-electron chi connectivity index (χ4n) is 2.21. The summed E-state index contributed by atoms with van der Waals surface area (Å²) in [5, 5.41) is 0. The van der Waals surface area contributed by atoms with Crippen LogP contribution in [0.15, 0.2) is 35.5 Å². The van der Waals surface area contributed by atoms with Crippen LogP contribution in [0, 0.1) is 0 Å². The van der Waals surface area contributed by atoms with E-state index < -0.39 is 0 Å². The van der Waals surface area contributed by atoms with Crippen LogP contribution in [0.2, 0.25) is 0 Å². The van der Waals surface area contributed by atoms with Crippen molar-refractivity contribution in [2.45, 2.75) is 66.2 Å². The smallest absolute Gasteiger partial charge is 0.00217 e. The average Bonchev–Trinajstić information content (AvgIpc) is 2.41. The van der Waals surface area contributed by atoms with E-state index in [0.717, 1.165) is 6.42 Å². The molecule has 0 saturated carbocycles. The molecule has 1 heteroatoms. The summed E-state index contributed by atoms with van der Waals surface area (Å²) in [5.41, 5.74) is 4.03. The van der Waals surface area contributed by atoms with Crippen molar-refractivity contribution in [3.63, 3.8) is 0 Å². The molecule has 0 fully saturated rings. The first-order chi connectivity index (χ1) is 9.51. The highest BCUT2D eigenvalue weighted by atomic mass is 15.1. The van der Waals surface area contributed by atoms with Crippen molar-refractivity contribution < 1.29 is 0 Å². The van der Waals surface area contributed by atoms with E-state index in [4.69, 9.17) is 0 Å². The van der Waals surface area contributed by atoms with Crippen molar-refractivity contribution >= 4 is 0 Å². The molecular formula is C19H35N. The molecule has 0 aromatic heterocycles. The Morgan fingerprint density at radius 1 is 1.00 bits per heavy atom. The van der Waals surface area contributed by atoms with Crippen molar-refractivity contribution in [2.24, 2.45) is 0 Å². The number of hydrogen-bond acceptors (Lipinski definition) is 1. The Balaban J connectivity index is 3.93. The van der Waals surface area contributed by atoms with Gasteiger partial charge in [0.1, 0.15) is 0 Å². The van der Waals surface area contributed by atoms with Crippen LogP contribution >= 0.6 is 0 Å². The molecule has 0 bridgehead atoms. The number of rotatable bonds is 11. The molecule has 0 aliphatic rings. The lowest BCUT2D eigenvalue weighted by Gasteiger charge is -2.15. The molecule has 0 heterocycles. The van der Waals surface area contributed by atoms with Gasteiger partial charge in [0.05, 0.1) is 0 Å². The minimum absolute atomic E-state index is 1.07. The Morgan fingerprint density at radius 2 is 1.65 bits per heavy atom. The summed E-state index contributed by atoms with van der Waals surface area (Å²) in [6.45, 7) is 15.3. The van der Waals surface area contributed by atoms with Crippen molar-refractivity contribution in [1.82, 2.24) is 4.90 Å². The van der Waals surface area contributed by atoms with E-state index in [9.17, 15) is 0 Å². The SMILES string of the molecule is C=C(C)/C(=C\C=C(/C)CCCCN(C)CCCC)CC. The number of unbranched alkanes of at least 4 members (excludes halogenated alkanes) is 2. The summed E-state index contributed by atoms with van der Waals surface area (Å²) >= 11 is 0. The maximum absolute atomic E-state index is 4.02. The third-order valence-electron chi connectivity index (χ3n) is 3.75. The van der Waals surface area contributed by atoms with Crippen LogP contribution in [0.4, 0.5) is 0 Å². The summed E-state index contributed by atoms with van der Waals surface area (Å²) in [5.74, 6) is 0. The van der Waals surface area contributed by atoms with Gasteiger partial charge in [0.15, 0.2) is 0 Å². The van der Waals surface area contributed by atoms with Gasteiger partial charge in [-0.25, -0.2) is 0 Å². The Morgan fingerprint density at radius 3 is 2.20 bits per heavy atom. The maximum atomic E-state index is 4.02. The van der Waals surface area contributed by atoms with Crippen LogP contribution in [-0.4, -0.2) is 25.0 Å². The fraction of sp³-hybridized carbons (Fsp3) is 0.684. The Bertz CT molecular complexity index is 323. The van der Waals surface area contributed by atoms with Gasteiger partial charge in [-0.15, -0.1) is 0 Å². The van der Waals surface area contributed by atoms with E-state index in [-0.39, 0.29) is 0 Å². The molecule has 0 aromatic rings. The Labute approximate surface area is 127 Å². The zero-order chi connectivity index (χ0) is 15.4. The molecule has 0 aliphatic carbocycles. The third kappa shape index (κ3) is 10.0. The molecule has 1 nitrogen and oxygen atoms in total. The van der Waals surface area contributed by atoms with E-state index in [1.807, 2.05) is 0 Å². The lowest BCUT2D eigenvalue weighted by Crippen LogP contribution is -2.20. The van der Waals surface area contributed by atoms with Crippen LogP contribution < -0.4 is 0 Å². The second-order valence-electron chi connectivity index (χ2n) is 5.95. The second kappa shape index (κ2) is 12.0. The molecule has 20 heavy (non-hydrogen) atoms. The zero-order valence-corrected chi connectivity index (χ0v) is 14.5. The summed E-state index contributed by atoms with van der Waals surface area (Å²) in [6, 6.07) is 0. The molecule has 0 saturated heterocycles. The predicted molar refractivity (Wildman–Crippen MR) is 93.2 cm³/mol. The largest absolute Gasteiger partial charge is 0.306 e. The van der Waals surface area contributed by atoms with Crippen LogP contribution in [0.1, 0.15) is 66.2 Å². The number of nitrogens with zero attached hydrogens (tertiary/aromatic N) is 1. The molecule has 0 N–H and O–H groups in total. The van der Waals surface area contributed by atoms with Crippen LogP contribution in [0.3, 0.4) is 0 Å². The highest BCUT2D eigenvalue weighted by molar-refractivity contribution is 5.30. The molecular weight excluding hydrogens is 242 g/mol. The van der Waals surface area contributed by atoms with E-state index in [1.54, 1.807) is 0 Å². The normalized spacial score (nSPS) is 13.1. The van der Waals surface area contributed by atoms with E-state index in [1.165, 1.54) is 61.9 Å². The van der Waals surface area contributed by atoms with Gasteiger partial charge < -0.3 is 4.90 Å². The first kappa shape index (κ1) is 19.2. The predicted octanol–water partition coefficient (Wildman–Crippen LogP) is 5.75. The quantitative estimate of drug-likeness (QED) is 0.343. The molecule has 0 rings (SSSR count). The highest BCUT2D eigenvalue weighted by Gasteiger charge is 1.98. The van der Waals surface area contributed by atoms with E-state index in [0.29, 0.717) is 0 Å². The first-order valence-corrected chi connectivity index (χ1v) is 8.22. The minimum atomic E-state index is 1.07.